The van der Waals surface area contributed by atoms with Crippen molar-refractivity contribution in [2.75, 3.05) is 5.32 Å². The number of hydrogen-bond acceptors (Lipinski definition) is 4. The number of nitrogens with one attached hydrogen (secondary N) is 1. The fourth-order valence-electron chi connectivity index (χ4n) is 2.77. The van der Waals surface area contributed by atoms with E-state index in [4.69, 9.17) is 0 Å². The maximum atomic E-state index is 12.8. The predicted octanol–water partition coefficient (Wildman–Crippen LogP) is 3.78. The Morgan fingerprint density at radius 3 is 2.77 bits per heavy atom. The van der Waals surface area contributed by atoms with Crippen molar-refractivity contribution < 1.29 is 9.59 Å². The molecule has 0 radical (unpaired) electrons. The minimum Gasteiger partial charge on any atom is -0.335 e. The average molecular weight is 372 g/mol. The van der Waals surface area contributed by atoms with Crippen LogP contribution in [-0.4, -0.2) is 27.7 Å². The van der Waals surface area contributed by atoms with Crippen LogP contribution >= 0.6 is 11.3 Å². The Morgan fingerprint density at radius 1 is 1.35 bits per heavy atom. The zero-order valence-corrected chi connectivity index (χ0v) is 16.3. The number of hydrogen-bond donors (Lipinski definition) is 1. The minimum atomic E-state index is -0.0938. The molecule has 138 valence electrons. The average Bonchev–Trinajstić information content (AvgIpc) is 3.33. The normalized spacial score (nSPS) is 13.7. The number of anilines is 1. The van der Waals surface area contributed by atoms with Crippen LogP contribution in [0.15, 0.2) is 29.6 Å². The van der Waals surface area contributed by atoms with Crippen LogP contribution in [0.25, 0.3) is 0 Å². The molecule has 1 aromatic heterocycles. The molecule has 6 heteroatoms. The highest BCUT2D eigenvalue weighted by molar-refractivity contribution is 7.13. The van der Waals surface area contributed by atoms with E-state index < -0.39 is 0 Å². The molecule has 0 unspecified atom stereocenters. The molecular formula is C20H25N3O2S. The quantitative estimate of drug-likeness (QED) is 0.806. The van der Waals surface area contributed by atoms with Crippen molar-refractivity contribution in [1.82, 2.24) is 9.88 Å². The second-order valence-electron chi connectivity index (χ2n) is 7.21. The molecule has 26 heavy (non-hydrogen) atoms. The molecule has 2 aromatic rings. The molecule has 0 saturated heterocycles. The highest BCUT2D eigenvalue weighted by Gasteiger charge is 2.32. The maximum absolute atomic E-state index is 12.8. The van der Waals surface area contributed by atoms with Crippen LogP contribution in [0.4, 0.5) is 5.13 Å². The molecule has 2 amide bonds. The van der Waals surface area contributed by atoms with Gasteiger partial charge in [-0.1, -0.05) is 43.7 Å². The van der Waals surface area contributed by atoms with E-state index in [-0.39, 0.29) is 24.2 Å². The SMILES string of the molecule is Cc1cccc(CN(C(=O)Cc2csc(NC(=O)C(C)C)n2)C2CC2)c1. The Morgan fingerprint density at radius 2 is 2.12 bits per heavy atom. The number of carbonyl (C=O) groups excluding carboxylic acids is 2. The summed E-state index contributed by atoms with van der Waals surface area (Å²) in [6, 6.07) is 8.64. The monoisotopic (exact) mass is 371 g/mol. The van der Waals surface area contributed by atoms with Gasteiger partial charge >= 0.3 is 0 Å². The van der Waals surface area contributed by atoms with Crippen molar-refractivity contribution >= 4 is 28.3 Å². The summed E-state index contributed by atoms with van der Waals surface area (Å²) in [6.07, 6.45) is 2.42. The summed E-state index contributed by atoms with van der Waals surface area (Å²) >= 11 is 1.37. The third-order valence-electron chi connectivity index (χ3n) is 4.38. The number of aryl methyl sites for hydroxylation is 1. The van der Waals surface area contributed by atoms with Crippen molar-refractivity contribution in [3.63, 3.8) is 0 Å². The number of nitrogens with zero attached hydrogens (tertiary/aromatic N) is 2. The first-order valence-electron chi connectivity index (χ1n) is 9.02. The highest BCUT2D eigenvalue weighted by Crippen LogP contribution is 2.29. The van der Waals surface area contributed by atoms with Crippen LogP contribution in [0.2, 0.25) is 0 Å². The van der Waals surface area contributed by atoms with Gasteiger partial charge in [-0.05, 0) is 25.3 Å². The predicted molar refractivity (Wildman–Crippen MR) is 104 cm³/mol. The van der Waals surface area contributed by atoms with Crippen LogP contribution in [0.3, 0.4) is 0 Å². The molecule has 1 aliphatic carbocycles. The van der Waals surface area contributed by atoms with Gasteiger partial charge in [-0.15, -0.1) is 11.3 Å². The molecule has 1 N–H and O–H groups in total. The summed E-state index contributed by atoms with van der Waals surface area (Å²) in [5.41, 5.74) is 3.08. The van der Waals surface area contributed by atoms with Crippen LogP contribution in [-0.2, 0) is 22.6 Å². The Bertz CT molecular complexity index is 796. The summed E-state index contributed by atoms with van der Waals surface area (Å²) < 4.78 is 0. The summed E-state index contributed by atoms with van der Waals surface area (Å²) in [7, 11) is 0. The van der Waals surface area contributed by atoms with E-state index >= 15 is 0 Å². The van der Waals surface area contributed by atoms with Crippen LogP contribution in [0.5, 0.6) is 0 Å². The summed E-state index contributed by atoms with van der Waals surface area (Å²) in [6.45, 7) is 6.39. The van der Waals surface area contributed by atoms with E-state index in [1.54, 1.807) is 0 Å². The topological polar surface area (TPSA) is 62.3 Å². The van der Waals surface area contributed by atoms with Gasteiger partial charge < -0.3 is 10.2 Å². The van der Waals surface area contributed by atoms with Crippen molar-refractivity contribution in [1.29, 1.82) is 0 Å². The molecular weight excluding hydrogens is 346 g/mol. The molecule has 0 aliphatic heterocycles. The van der Waals surface area contributed by atoms with Gasteiger partial charge in [0.2, 0.25) is 11.8 Å². The summed E-state index contributed by atoms with van der Waals surface area (Å²) in [5, 5.41) is 5.20. The van der Waals surface area contributed by atoms with E-state index in [0.29, 0.717) is 23.4 Å². The summed E-state index contributed by atoms with van der Waals surface area (Å²) in [4.78, 5) is 31.0. The Balaban J connectivity index is 1.63. The first-order valence-corrected chi connectivity index (χ1v) is 9.90. The van der Waals surface area contributed by atoms with Gasteiger partial charge in [-0.3, -0.25) is 9.59 Å². The molecule has 1 fully saturated rings. The fourth-order valence-corrected chi connectivity index (χ4v) is 3.48. The van der Waals surface area contributed by atoms with Gasteiger partial charge in [0.15, 0.2) is 5.13 Å². The molecule has 0 bridgehead atoms. The van der Waals surface area contributed by atoms with Gasteiger partial charge in [-0.25, -0.2) is 4.98 Å². The van der Waals surface area contributed by atoms with Gasteiger partial charge in [-0.2, -0.15) is 0 Å². The zero-order valence-electron chi connectivity index (χ0n) is 15.5. The molecule has 0 spiro atoms. The second-order valence-corrected chi connectivity index (χ2v) is 8.06. The largest absolute Gasteiger partial charge is 0.335 e. The molecule has 3 rings (SSSR count). The van der Waals surface area contributed by atoms with Crippen LogP contribution in [0, 0.1) is 12.8 Å². The van der Waals surface area contributed by atoms with Gasteiger partial charge in [0.1, 0.15) is 0 Å². The molecule has 1 aromatic carbocycles. The third-order valence-corrected chi connectivity index (χ3v) is 5.19. The first-order chi connectivity index (χ1) is 12.4. The Labute approximate surface area is 158 Å². The van der Waals surface area contributed by atoms with E-state index in [1.165, 1.54) is 16.9 Å². The van der Waals surface area contributed by atoms with E-state index in [9.17, 15) is 9.59 Å². The molecule has 5 nitrogen and oxygen atoms in total. The minimum absolute atomic E-state index is 0.0590. The van der Waals surface area contributed by atoms with Gasteiger partial charge in [0.25, 0.3) is 0 Å². The number of benzene rings is 1. The molecule has 1 saturated carbocycles. The lowest BCUT2D eigenvalue weighted by atomic mass is 10.1. The van der Waals surface area contributed by atoms with Crippen molar-refractivity contribution in [2.24, 2.45) is 5.92 Å². The zero-order chi connectivity index (χ0) is 18.7. The number of carbonyl (C=O) groups is 2. The smallest absolute Gasteiger partial charge is 0.229 e. The number of aromatic nitrogens is 1. The van der Waals surface area contributed by atoms with Crippen LogP contribution in [0.1, 0.15) is 43.5 Å². The highest BCUT2D eigenvalue weighted by atomic mass is 32.1. The first kappa shape index (κ1) is 18.6. The molecule has 1 aliphatic rings. The van der Waals surface area contributed by atoms with E-state index in [0.717, 1.165) is 18.4 Å². The molecule has 0 atom stereocenters. The van der Waals surface area contributed by atoms with Crippen molar-refractivity contribution in [2.45, 2.75) is 52.6 Å². The van der Waals surface area contributed by atoms with Crippen LogP contribution < -0.4 is 5.32 Å². The van der Waals surface area contributed by atoms with E-state index in [1.807, 2.05) is 30.2 Å². The lowest BCUT2D eigenvalue weighted by Crippen LogP contribution is -2.33. The second kappa shape index (κ2) is 7.99. The van der Waals surface area contributed by atoms with E-state index in [2.05, 4.69) is 35.4 Å². The van der Waals surface area contributed by atoms with Gasteiger partial charge in [0, 0.05) is 23.9 Å². The fraction of sp³-hybridized carbons (Fsp3) is 0.450. The van der Waals surface area contributed by atoms with Crippen molar-refractivity contribution in [3.8, 4) is 0 Å². The Kier molecular flexibility index (Phi) is 5.71. The number of rotatable bonds is 7. The number of thiazole rings is 1. The maximum Gasteiger partial charge on any atom is 0.229 e. The lowest BCUT2D eigenvalue weighted by Gasteiger charge is -2.22. The third kappa shape index (κ3) is 4.91. The Hall–Kier alpha value is -2.21. The van der Waals surface area contributed by atoms with Gasteiger partial charge in [0.05, 0.1) is 12.1 Å². The lowest BCUT2D eigenvalue weighted by molar-refractivity contribution is -0.131. The standard InChI is InChI=1S/C20H25N3O2S/c1-13(2)19(25)22-20-21-16(12-26-20)10-18(24)23(17-7-8-17)11-15-6-4-5-14(3)9-15/h4-6,9,12-13,17H,7-8,10-11H2,1-3H3,(H,21,22,25). The van der Waals surface area contributed by atoms with Crippen molar-refractivity contribution in [3.05, 3.63) is 46.5 Å². The molecule has 1 heterocycles. The number of amides is 2. The summed E-state index contributed by atoms with van der Waals surface area (Å²) in [5.74, 6) is -0.0546.